The van der Waals surface area contributed by atoms with Crippen LogP contribution in [0.1, 0.15) is 69.9 Å². The Morgan fingerprint density at radius 1 is 1.37 bits per heavy atom. The molecule has 1 aromatic heterocycles. The standard InChI is InChI=1S/C17H26O2/c1-11(2)7-14(18)8-13(4)15-6-5-12(3)16-9-19-10-17(15)16/h7,9-10,12-15,18H,5-6,8H2,1-4H3/t12-,13-,14?,15+/m0/s1. The third-order valence-electron chi connectivity index (χ3n) is 4.39. The Kier molecular flexibility index (Phi) is 4.51. The van der Waals surface area contributed by atoms with Gasteiger partial charge in [-0.3, -0.25) is 0 Å². The quantitative estimate of drug-likeness (QED) is 0.804. The first-order chi connectivity index (χ1) is 8.99. The number of fused-ring (bicyclic) bond motifs is 1. The summed E-state index contributed by atoms with van der Waals surface area (Å²) in [6.45, 7) is 8.58. The maximum atomic E-state index is 10.1. The molecular weight excluding hydrogens is 236 g/mol. The first kappa shape index (κ1) is 14.4. The van der Waals surface area contributed by atoms with Crippen LogP contribution < -0.4 is 0 Å². The van der Waals surface area contributed by atoms with Crippen LogP contribution in [0.2, 0.25) is 0 Å². The first-order valence-electron chi connectivity index (χ1n) is 7.38. The molecule has 0 bridgehead atoms. The molecule has 1 N–H and O–H groups in total. The topological polar surface area (TPSA) is 33.4 Å². The van der Waals surface area contributed by atoms with Gasteiger partial charge in [0.15, 0.2) is 0 Å². The molecule has 1 aromatic rings. The zero-order chi connectivity index (χ0) is 14.0. The maximum Gasteiger partial charge on any atom is 0.0940 e. The van der Waals surface area contributed by atoms with E-state index < -0.39 is 0 Å². The van der Waals surface area contributed by atoms with E-state index in [1.165, 1.54) is 29.5 Å². The molecule has 1 heterocycles. The zero-order valence-electron chi connectivity index (χ0n) is 12.5. The van der Waals surface area contributed by atoms with Crippen LogP contribution in [0, 0.1) is 5.92 Å². The lowest BCUT2D eigenvalue weighted by Gasteiger charge is -2.31. The minimum Gasteiger partial charge on any atom is -0.472 e. The van der Waals surface area contributed by atoms with Gasteiger partial charge in [-0.1, -0.05) is 25.5 Å². The summed E-state index contributed by atoms with van der Waals surface area (Å²) < 4.78 is 5.41. The van der Waals surface area contributed by atoms with Crippen molar-refractivity contribution < 1.29 is 9.52 Å². The van der Waals surface area contributed by atoms with Crippen molar-refractivity contribution in [2.75, 3.05) is 0 Å². The Morgan fingerprint density at radius 3 is 2.74 bits per heavy atom. The Hall–Kier alpha value is -1.02. The van der Waals surface area contributed by atoms with Crippen LogP contribution in [-0.2, 0) is 0 Å². The highest BCUT2D eigenvalue weighted by Crippen LogP contribution is 2.43. The Balaban J connectivity index is 2.07. The van der Waals surface area contributed by atoms with E-state index in [-0.39, 0.29) is 6.10 Å². The van der Waals surface area contributed by atoms with Crippen molar-refractivity contribution in [1.29, 1.82) is 0 Å². The zero-order valence-corrected chi connectivity index (χ0v) is 12.5. The number of hydrogen-bond acceptors (Lipinski definition) is 2. The molecule has 0 aliphatic heterocycles. The molecule has 19 heavy (non-hydrogen) atoms. The van der Waals surface area contributed by atoms with Crippen molar-refractivity contribution in [3.8, 4) is 0 Å². The number of furan rings is 1. The molecule has 0 saturated carbocycles. The van der Waals surface area contributed by atoms with Gasteiger partial charge in [0.1, 0.15) is 0 Å². The summed E-state index contributed by atoms with van der Waals surface area (Å²) in [5, 5.41) is 10.1. The van der Waals surface area contributed by atoms with Gasteiger partial charge in [0.2, 0.25) is 0 Å². The summed E-state index contributed by atoms with van der Waals surface area (Å²) in [7, 11) is 0. The summed E-state index contributed by atoms with van der Waals surface area (Å²) in [4.78, 5) is 0. The molecule has 0 amide bonds. The molecule has 2 rings (SSSR count). The van der Waals surface area contributed by atoms with E-state index in [0.717, 1.165) is 6.42 Å². The maximum absolute atomic E-state index is 10.1. The predicted molar refractivity (Wildman–Crippen MR) is 78.3 cm³/mol. The molecule has 1 unspecified atom stereocenters. The molecule has 1 aliphatic carbocycles. The highest BCUT2D eigenvalue weighted by atomic mass is 16.3. The first-order valence-corrected chi connectivity index (χ1v) is 7.38. The molecule has 4 atom stereocenters. The van der Waals surface area contributed by atoms with E-state index in [1.807, 2.05) is 32.4 Å². The molecule has 1 aliphatic rings. The average molecular weight is 262 g/mol. The van der Waals surface area contributed by atoms with E-state index in [9.17, 15) is 5.11 Å². The van der Waals surface area contributed by atoms with Gasteiger partial charge in [-0.15, -0.1) is 0 Å². The van der Waals surface area contributed by atoms with E-state index >= 15 is 0 Å². The van der Waals surface area contributed by atoms with Crippen molar-refractivity contribution >= 4 is 0 Å². The Bertz CT molecular complexity index is 440. The molecular formula is C17H26O2. The lowest BCUT2D eigenvalue weighted by atomic mass is 9.73. The summed E-state index contributed by atoms with van der Waals surface area (Å²) in [6, 6.07) is 0. The summed E-state index contributed by atoms with van der Waals surface area (Å²) in [6.07, 6.45) is 8.71. The Labute approximate surface area is 116 Å². The van der Waals surface area contributed by atoms with Crippen molar-refractivity contribution in [2.24, 2.45) is 5.92 Å². The van der Waals surface area contributed by atoms with Crippen molar-refractivity contribution in [1.82, 2.24) is 0 Å². The fourth-order valence-electron chi connectivity index (χ4n) is 3.35. The number of rotatable bonds is 4. The van der Waals surface area contributed by atoms with E-state index in [0.29, 0.717) is 17.8 Å². The predicted octanol–water partition coefficient (Wildman–Crippen LogP) is 4.61. The third-order valence-corrected chi connectivity index (χ3v) is 4.39. The van der Waals surface area contributed by atoms with Gasteiger partial charge in [-0.05, 0) is 62.0 Å². The highest BCUT2D eigenvalue weighted by Gasteiger charge is 2.30. The van der Waals surface area contributed by atoms with Gasteiger partial charge < -0.3 is 9.52 Å². The number of aliphatic hydroxyl groups excluding tert-OH is 1. The number of allylic oxidation sites excluding steroid dienone is 1. The summed E-state index contributed by atoms with van der Waals surface area (Å²) >= 11 is 0. The number of hydrogen-bond donors (Lipinski definition) is 1. The molecule has 0 radical (unpaired) electrons. The molecule has 106 valence electrons. The monoisotopic (exact) mass is 262 g/mol. The van der Waals surface area contributed by atoms with Gasteiger partial charge in [0.05, 0.1) is 18.6 Å². The van der Waals surface area contributed by atoms with E-state index in [2.05, 4.69) is 13.8 Å². The molecule has 0 aromatic carbocycles. The fourth-order valence-corrected chi connectivity index (χ4v) is 3.35. The van der Waals surface area contributed by atoms with Crippen LogP contribution in [-0.4, -0.2) is 11.2 Å². The van der Waals surface area contributed by atoms with Gasteiger partial charge >= 0.3 is 0 Å². The molecule has 0 saturated heterocycles. The van der Waals surface area contributed by atoms with Crippen LogP contribution in [0.15, 0.2) is 28.6 Å². The largest absolute Gasteiger partial charge is 0.472 e. The lowest BCUT2D eigenvalue weighted by Crippen LogP contribution is -2.20. The van der Waals surface area contributed by atoms with Crippen molar-refractivity contribution in [3.05, 3.63) is 35.3 Å². The minimum absolute atomic E-state index is 0.324. The highest BCUT2D eigenvalue weighted by molar-refractivity contribution is 5.31. The number of aliphatic hydroxyl groups is 1. The third kappa shape index (κ3) is 3.30. The van der Waals surface area contributed by atoms with Gasteiger partial charge in [-0.2, -0.15) is 0 Å². The van der Waals surface area contributed by atoms with E-state index in [1.54, 1.807) is 0 Å². The summed E-state index contributed by atoms with van der Waals surface area (Å²) in [5.41, 5.74) is 3.93. The van der Waals surface area contributed by atoms with Gasteiger partial charge in [-0.25, -0.2) is 0 Å². The van der Waals surface area contributed by atoms with E-state index in [4.69, 9.17) is 4.42 Å². The van der Waals surface area contributed by atoms with Crippen LogP contribution in [0.25, 0.3) is 0 Å². The second-order valence-electron chi connectivity index (χ2n) is 6.39. The van der Waals surface area contributed by atoms with Crippen LogP contribution in [0.5, 0.6) is 0 Å². The van der Waals surface area contributed by atoms with Crippen LogP contribution in [0.3, 0.4) is 0 Å². The minimum atomic E-state index is -0.324. The summed E-state index contributed by atoms with van der Waals surface area (Å²) in [5.74, 6) is 1.62. The lowest BCUT2D eigenvalue weighted by molar-refractivity contribution is 0.177. The normalized spacial score (nSPS) is 25.5. The molecule has 2 nitrogen and oxygen atoms in total. The SMILES string of the molecule is CC(C)=CC(O)C[C@H](C)[C@H]1CC[C@H](C)c2cocc21. The van der Waals surface area contributed by atoms with Crippen molar-refractivity contribution in [2.45, 2.75) is 64.9 Å². The molecule has 0 fully saturated rings. The smallest absolute Gasteiger partial charge is 0.0940 e. The van der Waals surface area contributed by atoms with Gasteiger partial charge in [0.25, 0.3) is 0 Å². The van der Waals surface area contributed by atoms with Crippen LogP contribution in [0.4, 0.5) is 0 Å². The average Bonchev–Trinajstić information content (AvgIpc) is 2.77. The molecule has 0 spiro atoms. The second-order valence-corrected chi connectivity index (χ2v) is 6.39. The Morgan fingerprint density at radius 2 is 2.05 bits per heavy atom. The van der Waals surface area contributed by atoms with Crippen LogP contribution >= 0.6 is 0 Å². The van der Waals surface area contributed by atoms with Crippen molar-refractivity contribution in [3.63, 3.8) is 0 Å². The molecule has 2 heteroatoms. The second kappa shape index (κ2) is 5.96. The van der Waals surface area contributed by atoms with Gasteiger partial charge in [0, 0.05) is 0 Å². The fraction of sp³-hybridized carbons (Fsp3) is 0.647.